The first-order chi connectivity index (χ1) is 9.60. The summed E-state index contributed by atoms with van der Waals surface area (Å²) < 4.78 is 0.983. The second-order valence-electron chi connectivity index (χ2n) is 5.14. The highest BCUT2D eigenvalue weighted by Crippen LogP contribution is 2.17. The van der Waals surface area contributed by atoms with Crippen LogP contribution in [-0.4, -0.2) is 36.5 Å². The second-order valence-corrected chi connectivity index (χ2v) is 6.06. The minimum absolute atomic E-state index is 0.00580. The molecule has 1 aromatic rings. The number of nitrogens with zero attached hydrogens (tertiary/aromatic N) is 2. The number of nitriles is 1. The zero-order valence-corrected chi connectivity index (χ0v) is 13.1. The molecule has 0 bridgehead atoms. The quantitative estimate of drug-likeness (QED) is 0.863. The van der Waals surface area contributed by atoms with Crippen LogP contribution in [0.5, 0.6) is 0 Å². The Morgan fingerprint density at radius 1 is 1.50 bits per heavy atom. The molecule has 1 N–H and O–H groups in total. The Bertz CT molecular complexity index is 530. The molecule has 0 atom stereocenters. The predicted octanol–water partition coefficient (Wildman–Crippen LogP) is 2.48. The van der Waals surface area contributed by atoms with Crippen LogP contribution in [0.2, 0.25) is 0 Å². The minimum atomic E-state index is -0.00580. The molecular weight excluding hydrogens is 318 g/mol. The van der Waals surface area contributed by atoms with Crippen molar-refractivity contribution in [1.82, 2.24) is 10.2 Å². The van der Waals surface area contributed by atoms with Crippen LogP contribution < -0.4 is 5.32 Å². The van der Waals surface area contributed by atoms with Crippen molar-refractivity contribution in [3.8, 4) is 6.07 Å². The van der Waals surface area contributed by atoms with E-state index in [0.717, 1.165) is 41.5 Å². The van der Waals surface area contributed by atoms with E-state index in [1.54, 1.807) is 0 Å². The zero-order chi connectivity index (χ0) is 14.5. The van der Waals surface area contributed by atoms with Gasteiger partial charge in [0.25, 0.3) is 5.91 Å². The van der Waals surface area contributed by atoms with E-state index in [2.05, 4.69) is 32.2 Å². The number of carbonyl (C=O) groups excluding carboxylic acids is 1. The van der Waals surface area contributed by atoms with Crippen LogP contribution in [0.1, 0.15) is 28.8 Å². The lowest BCUT2D eigenvalue weighted by atomic mass is 10.0. The third kappa shape index (κ3) is 3.81. The molecule has 4 nitrogen and oxygen atoms in total. The Labute approximate surface area is 127 Å². The second kappa shape index (κ2) is 6.87. The fourth-order valence-electron chi connectivity index (χ4n) is 2.48. The minimum Gasteiger partial charge on any atom is -0.349 e. The number of hydrogen-bond acceptors (Lipinski definition) is 3. The molecule has 106 valence electrons. The number of benzene rings is 1. The van der Waals surface area contributed by atoms with Crippen LogP contribution in [0, 0.1) is 18.3 Å². The van der Waals surface area contributed by atoms with E-state index in [1.807, 2.05) is 25.1 Å². The van der Waals surface area contributed by atoms with Gasteiger partial charge in [-0.1, -0.05) is 15.9 Å². The summed E-state index contributed by atoms with van der Waals surface area (Å²) in [4.78, 5) is 14.4. The molecule has 20 heavy (non-hydrogen) atoms. The fourth-order valence-corrected chi connectivity index (χ4v) is 2.96. The summed E-state index contributed by atoms with van der Waals surface area (Å²) in [6, 6.07) is 8.06. The first-order valence-electron chi connectivity index (χ1n) is 6.76. The van der Waals surface area contributed by atoms with Gasteiger partial charge in [0.15, 0.2) is 0 Å². The normalized spacial score (nSPS) is 16.6. The number of hydrogen-bond donors (Lipinski definition) is 1. The van der Waals surface area contributed by atoms with E-state index in [4.69, 9.17) is 5.26 Å². The van der Waals surface area contributed by atoms with Crippen molar-refractivity contribution < 1.29 is 4.79 Å². The van der Waals surface area contributed by atoms with E-state index < -0.39 is 0 Å². The molecule has 1 fully saturated rings. The number of rotatable bonds is 3. The van der Waals surface area contributed by atoms with Crippen molar-refractivity contribution >= 4 is 21.8 Å². The average molecular weight is 336 g/mol. The molecule has 5 heteroatoms. The molecule has 0 spiro atoms. The van der Waals surface area contributed by atoms with Gasteiger partial charge in [0.2, 0.25) is 0 Å². The van der Waals surface area contributed by atoms with Crippen molar-refractivity contribution in [3.63, 3.8) is 0 Å². The number of aryl methyl sites for hydroxylation is 1. The summed E-state index contributed by atoms with van der Waals surface area (Å²) in [7, 11) is 0. The van der Waals surface area contributed by atoms with E-state index in [0.29, 0.717) is 6.54 Å². The van der Waals surface area contributed by atoms with Crippen molar-refractivity contribution in [1.29, 1.82) is 5.26 Å². The maximum atomic E-state index is 12.3. The molecule has 0 saturated carbocycles. The van der Waals surface area contributed by atoms with Crippen LogP contribution in [0.25, 0.3) is 0 Å². The lowest BCUT2D eigenvalue weighted by molar-refractivity contribution is 0.0913. The van der Waals surface area contributed by atoms with Gasteiger partial charge in [-0.2, -0.15) is 5.26 Å². The lowest BCUT2D eigenvalue weighted by Crippen LogP contribution is -2.44. The van der Waals surface area contributed by atoms with Crippen molar-refractivity contribution in [2.45, 2.75) is 25.8 Å². The summed E-state index contributed by atoms with van der Waals surface area (Å²) in [6.45, 7) is 4.16. The SMILES string of the molecule is Cc1cc(Br)ccc1C(=O)NC1CCN(CC#N)CC1. The first kappa shape index (κ1) is 15.0. The Kier molecular flexibility index (Phi) is 5.16. The van der Waals surface area contributed by atoms with Crippen molar-refractivity contribution in [2.24, 2.45) is 0 Å². The molecular formula is C15H18BrN3O. The van der Waals surface area contributed by atoms with E-state index in [-0.39, 0.29) is 11.9 Å². The average Bonchev–Trinajstić information content (AvgIpc) is 2.41. The van der Waals surface area contributed by atoms with Crippen LogP contribution in [-0.2, 0) is 0 Å². The van der Waals surface area contributed by atoms with Crippen LogP contribution >= 0.6 is 15.9 Å². The molecule has 1 heterocycles. The maximum Gasteiger partial charge on any atom is 0.251 e. The number of halogens is 1. The highest BCUT2D eigenvalue weighted by atomic mass is 79.9. The molecule has 1 aliphatic rings. The van der Waals surface area contributed by atoms with Crippen LogP contribution in [0.4, 0.5) is 0 Å². The molecule has 0 unspecified atom stereocenters. The molecule has 1 aliphatic heterocycles. The number of carbonyl (C=O) groups is 1. The highest BCUT2D eigenvalue weighted by molar-refractivity contribution is 9.10. The van der Waals surface area contributed by atoms with Gasteiger partial charge in [-0.25, -0.2) is 0 Å². The summed E-state index contributed by atoms with van der Waals surface area (Å²) in [5.74, 6) is -0.00580. The third-order valence-electron chi connectivity index (χ3n) is 3.65. The molecule has 2 rings (SSSR count). The molecule has 0 aromatic heterocycles. The summed E-state index contributed by atoms with van der Waals surface area (Å²) in [5, 5.41) is 11.8. The lowest BCUT2D eigenvalue weighted by Gasteiger charge is -2.30. The van der Waals surface area contributed by atoms with Gasteiger partial charge in [0, 0.05) is 29.2 Å². The molecule has 1 aromatic carbocycles. The number of piperidine rings is 1. The molecule has 1 amide bonds. The maximum absolute atomic E-state index is 12.3. The van der Waals surface area contributed by atoms with Crippen molar-refractivity contribution in [3.05, 3.63) is 33.8 Å². The number of likely N-dealkylation sites (tertiary alicyclic amines) is 1. The Hall–Kier alpha value is -1.38. The standard InChI is InChI=1S/C15H18BrN3O/c1-11-10-12(16)2-3-14(11)15(20)18-13-4-7-19(8-5-13)9-6-17/h2-3,10,13H,4-5,7-9H2,1H3,(H,18,20). The Morgan fingerprint density at radius 3 is 2.80 bits per heavy atom. The first-order valence-corrected chi connectivity index (χ1v) is 7.56. The predicted molar refractivity (Wildman–Crippen MR) is 81.4 cm³/mol. The highest BCUT2D eigenvalue weighted by Gasteiger charge is 2.21. The third-order valence-corrected chi connectivity index (χ3v) is 4.14. The zero-order valence-electron chi connectivity index (χ0n) is 11.5. The Morgan fingerprint density at radius 2 is 2.20 bits per heavy atom. The van der Waals surface area contributed by atoms with Gasteiger partial charge in [0.1, 0.15) is 0 Å². The smallest absolute Gasteiger partial charge is 0.251 e. The van der Waals surface area contributed by atoms with Gasteiger partial charge < -0.3 is 5.32 Å². The Balaban J connectivity index is 1.91. The summed E-state index contributed by atoms with van der Waals surface area (Å²) in [6.07, 6.45) is 1.81. The number of amides is 1. The van der Waals surface area contributed by atoms with E-state index in [1.165, 1.54) is 0 Å². The van der Waals surface area contributed by atoms with Crippen molar-refractivity contribution in [2.75, 3.05) is 19.6 Å². The van der Waals surface area contributed by atoms with Gasteiger partial charge in [0.05, 0.1) is 12.6 Å². The van der Waals surface area contributed by atoms with E-state index in [9.17, 15) is 4.79 Å². The van der Waals surface area contributed by atoms with Gasteiger partial charge in [-0.3, -0.25) is 9.69 Å². The van der Waals surface area contributed by atoms with E-state index >= 15 is 0 Å². The molecule has 0 radical (unpaired) electrons. The summed E-state index contributed by atoms with van der Waals surface area (Å²) in [5.41, 5.74) is 1.70. The molecule has 1 saturated heterocycles. The number of nitrogens with one attached hydrogen (secondary N) is 1. The fraction of sp³-hybridized carbons (Fsp3) is 0.467. The largest absolute Gasteiger partial charge is 0.349 e. The topological polar surface area (TPSA) is 56.1 Å². The van der Waals surface area contributed by atoms with Gasteiger partial charge in [-0.15, -0.1) is 0 Å². The monoisotopic (exact) mass is 335 g/mol. The van der Waals surface area contributed by atoms with Crippen LogP contribution in [0.15, 0.2) is 22.7 Å². The molecule has 0 aliphatic carbocycles. The van der Waals surface area contributed by atoms with Crippen LogP contribution in [0.3, 0.4) is 0 Å². The summed E-state index contributed by atoms with van der Waals surface area (Å²) >= 11 is 3.40. The van der Waals surface area contributed by atoms with Gasteiger partial charge in [-0.05, 0) is 43.5 Å². The van der Waals surface area contributed by atoms with Gasteiger partial charge >= 0.3 is 0 Å².